The predicted octanol–water partition coefficient (Wildman–Crippen LogP) is 1.37. The lowest BCUT2D eigenvalue weighted by Crippen LogP contribution is -2.28. The summed E-state index contributed by atoms with van der Waals surface area (Å²) < 4.78 is 0. The van der Waals surface area contributed by atoms with Gasteiger partial charge in [-0.15, -0.1) is 0 Å². The molecule has 0 aliphatic rings. The Balaban J connectivity index is 2.97. The molecule has 1 aromatic carbocycles. The van der Waals surface area contributed by atoms with Crippen molar-refractivity contribution in [3.8, 4) is 6.07 Å². The van der Waals surface area contributed by atoms with Gasteiger partial charge in [-0.1, -0.05) is 23.7 Å². The van der Waals surface area contributed by atoms with E-state index in [2.05, 4.69) is 0 Å². The highest BCUT2D eigenvalue weighted by Gasteiger charge is 2.14. The Hall–Kier alpha value is -1.37. The third kappa shape index (κ3) is 2.28. The van der Waals surface area contributed by atoms with Crippen LogP contribution in [0.4, 0.5) is 0 Å². The van der Waals surface area contributed by atoms with Gasteiger partial charge in [0.25, 0.3) is 0 Å². The summed E-state index contributed by atoms with van der Waals surface area (Å²) in [5.41, 5.74) is 5.61. The molecular weight excluding hydrogens is 188 g/mol. The van der Waals surface area contributed by atoms with Crippen LogP contribution in [0.3, 0.4) is 0 Å². The second-order valence-corrected chi connectivity index (χ2v) is 2.92. The summed E-state index contributed by atoms with van der Waals surface area (Å²) in [6, 6.07) is 6.90. The number of hydrogen-bond acceptors (Lipinski definition) is 3. The van der Waals surface area contributed by atoms with Crippen LogP contribution in [0.5, 0.6) is 0 Å². The van der Waals surface area contributed by atoms with Gasteiger partial charge in [-0.25, -0.2) is 0 Å². The van der Waals surface area contributed by atoms with E-state index in [-0.39, 0.29) is 0 Å². The molecule has 3 nitrogen and oxygen atoms in total. The molecule has 13 heavy (non-hydrogen) atoms. The molecule has 0 spiro atoms. The lowest BCUT2D eigenvalue weighted by atomic mass is 10.1. The molecule has 0 heterocycles. The fourth-order valence-corrected chi connectivity index (χ4v) is 1.07. The van der Waals surface area contributed by atoms with E-state index in [9.17, 15) is 4.79 Å². The molecule has 1 atom stereocenters. The molecule has 0 bridgehead atoms. The summed E-state index contributed by atoms with van der Waals surface area (Å²) in [5, 5.41) is 8.86. The van der Waals surface area contributed by atoms with E-state index in [0.717, 1.165) is 0 Å². The van der Waals surface area contributed by atoms with Crippen LogP contribution < -0.4 is 5.73 Å². The lowest BCUT2D eigenvalue weighted by Gasteiger charge is -2.01. The zero-order chi connectivity index (χ0) is 9.84. The molecule has 1 aromatic rings. The molecule has 2 N–H and O–H groups in total. The molecule has 4 heteroatoms. The molecular formula is C9H7ClN2O. The Morgan fingerprint density at radius 2 is 2.31 bits per heavy atom. The maximum Gasteiger partial charge on any atom is 0.194 e. The summed E-state index contributed by atoms with van der Waals surface area (Å²) in [6.07, 6.45) is 0. The molecule has 1 unspecified atom stereocenters. The number of nitrogens with zero attached hydrogens (tertiary/aromatic N) is 1. The zero-order valence-corrected chi connectivity index (χ0v) is 7.45. The number of halogens is 1. The molecule has 0 radical (unpaired) electrons. The first-order chi connectivity index (χ1) is 6.15. The number of Topliss-reactive ketones (excluding diaryl/α,β-unsaturated/α-hetero) is 1. The molecule has 66 valence electrons. The van der Waals surface area contributed by atoms with E-state index in [1.54, 1.807) is 24.3 Å². The van der Waals surface area contributed by atoms with Crippen LogP contribution in [-0.4, -0.2) is 11.8 Å². The van der Waals surface area contributed by atoms with Crippen LogP contribution in [0.15, 0.2) is 24.3 Å². The van der Waals surface area contributed by atoms with Crippen LogP contribution >= 0.6 is 11.6 Å². The van der Waals surface area contributed by atoms with Gasteiger partial charge in [-0.2, -0.15) is 5.26 Å². The minimum atomic E-state index is -1.11. The molecule has 0 saturated carbocycles. The van der Waals surface area contributed by atoms with Crippen LogP contribution in [0.1, 0.15) is 10.4 Å². The van der Waals surface area contributed by atoms with E-state index in [1.807, 2.05) is 0 Å². The maximum atomic E-state index is 11.3. The monoisotopic (exact) mass is 194 g/mol. The second-order valence-electron chi connectivity index (χ2n) is 2.48. The summed E-state index contributed by atoms with van der Waals surface area (Å²) in [7, 11) is 0. The molecule has 0 saturated heterocycles. The van der Waals surface area contributed by atoms with E-state index in [0.29, 0.717) is 10.6 Å². The van der Waals surface area contributed by atoms with E-state index in [1.165, 1.54) is 6.07 Å². The second kappa shape index (κ2) is 4.04. The number of hydrogen-bond donors (Lipinski definition) is 1. The van der Waals surface area contributed by atoms with Gasteiger partial charge in [0.05, 0.1) is 6.07 Å². The van der Waals surface area contributed by atoms with Gasteiger partial charge in [-0.3, -0.25) is 4.79 Å². The Labute approximate surface area is 80.7 Å². The smallest absolute Gasteiger partial charge is 0.194 e. The molecule has 0 fully saturated rings. The van der Waals surface area contributed by atoms with Crippen molar-refractivity contribution < 1.29 is 4.79 Å². The first-order valence-electron chi connectivity index (χ1n) is 3.60. The highest BCUT2D eigenvalue weighted by molar-refractivity contribution is 6.31. The Bertz CT molecular complexity index is 370. The van der Waals surface area contributed by atoms with Crippen molar-refractivity contribution in [2.24, 2.45) is 5.73 Å². The number of nitriles is 1. The van der Waals surface area contributed by atoms with Gasteiger partial charge in [-0.05, 0) is 12.1 Å². The van der Waals surface area contributed by atoms with Crippen molar-refractivity contribution in [1.29, 1.82) is 5.26 Å². The average Bonchev–Trinajstić information content (AvgIpc) is 2.15. The van der Waals surface area contributed by atoms with Crippen molar-refractivity contribution in [2.45, 2.75) is 6.04 Å². The number of ketones is 1. The van der Waals surface area contributed by atoms with Crippen LogP contribution in [0, 0.1) is 11.3 Å². The van der Waals surface area contributed by atoms with Crippen LogP contribution in [0.25, 0.3) is 0 Å². The molecule has 0 amide bonds. The molecule has 1 rings (SSSR count). The van der Waals surface area contributed by atoms with Gasteiger partial charge in [0.1, 0.15) is 0 Å². The number of nitrogens with two attached hydrogens (primary N) is 1. The largest absolute Gasteiger partial charge is 0.309 e. The normalized spacial score (nSPS) is 11.8. The predicted molar refractivity (Wildman–Crippen MR) is 49.4 cm³/mol. The third-order valence-electron chi connectivity index (χ3n) is 1.53. The minimum absolute atomic E-state index is 0.363. The van der Waals surface area contributed by atoms with E-state index < -0.39 is 11.8 Å². The van der Waals surface area contributed by atoms with Gasteiger partial charge in [0.15, 0.2) is 11.8 Å². The molecule has 0 aliphatic heterocycles. The lowest BCUT2D eigenvalue weighted by molar-refractivity contribution is 0.0980. The summed E-state index contributed by atoms with van der Waals surface area (Å²) in [5.74, 6) is -0.412. The first-order valence-corrected chi connectivity index (χ1v) is 3.98. The average molecular weight is 195 g/mol. The summed E-state index contributed by atoms with van der Waals surface area (Å²) in [6.45, 7) is 0. The Morgan fingerprint density at radius 3 is 2.85 bits per heavy atom. The highest BCUT2D eigenvalue weighted by atomic mass is 35.5. The van der Waals surface area contributed by atoms with Crippen molar-refractivity contribution in [1.82, 2.24) is 0 Å². The van der Waals surface area contributed by atoms with E-state index in [4.69, 9.17) is 22.6 Å². The first kappa shape index (κ1) is 9.72. The summed E-state index contributed by atoms with van der Waals surface area (Å²) >= 11 is 5.66. The standard InChI is InChI=1S/C9H7ClN2O/c10-7-3-1-2-6(4-7)9(13)8(12)5-11/h1-4,8H,12H2. The molecule has 0 aromatic heterocycles. The molecule has 0 aliphatic carbocycles. The van der Waals surface area contributed by atoms with Gasteiger partial charge < -0.3 is 5.73 Å². The van der Waals surface area contributed by atoms with Crippen molar-refractivity contribution in [2.75, 3.05) is 0 Å². The van der Waals surface area contributed by atoms with E-state index >= 15 is 0 Å². The summed E-state index contributed by atoms with van der Waals surface area (Å²) in [4.78, 5) is 11.3. The topological polar surface area (TPSA) is 66.9 Å². The maximum absolute atomic E-state index is 11.3. The van der Waals surface area contributed by atoms with Crippen LogP contribution in [-0.2, 0) is 0 Å². The third-order valence-corrected chi connectivity index (χ3v) is 1.77. The minimum Gasteiger partial charge on any atom is -0.309 e. The number of rotatable bonds is 2. The fraction of sp³-hybridized carbons (Fsp3) is 0.111. The number of carbonyl (C=O) groups excluding carboxylic acids is 1. The fourth-order valence-electron chi connectivity index (χ4n) is 0.880. The van der Waals surface area contributed by atoms with Gasteiger partial charge in [0, 0.05) is 10.6 Å². The van der Waals surface area contributed by atoms with Crippen molar-refractivity contribution in [3.63, 3.8) is 0 Å². The Morgan fingerprint density at radius 1 is 1.62 bits per heavy atom. The van der Waals surface area contributed by atoms with Gasteiger partial charge in [0.2, 0.25) is 0 Å². The van der Waals surface area contributed by atoms with Crippen LogP contribution in [0.2, 0.25) is 5.02 Å². The Kier molecular flexibility index (Phi) is 3.02. The number of carbonyl (C=O) groups is 1. The van der Waals surface area contributed by atoms with Crippen molar-refractivity contribution in [3.05, 3.63) is 34.9 Å². The van der Waals surface area contributed by atoms with Crippen molar-refractivity contribution >= 4 is 17.4 Å². The number of benzene rings is 1. The zero-order valence-electron chi connectivity index (χ0n) is 6.70. The SMILES string of the molecule is N#CC(N)C(=O)c1cccc(Cl)c1. The quantitative estimate of drug-likeness (QED) is 0.724. The highest BCUT2D eigenvalue weighted by Crippen LogP contribution is 2.11. The van der Waals surface area contributed by atoms with Gasteiger partial charge >= 0.3 is 0 Å².